The van der Waals surface area contributed by atoms with Gasteiger partial charge in [-0.25, -0.2) is 0 Å². The summed E-state index contributed by atoms with van der Waals surface area (Å²) in [5.74, 6) is -4.33. The summed E-state index contributed by atoms with van der Waals surface area (Å²) in [6.07, 6.45) is 1.48. The molecule has 0 aromatic heterocycles. The third-order valence-electron chi connectivity index (χ3n) is 3.54. The van der Waals surface area contributed by atoms with Gasteiger partial charge in [0.1, 0.15) is 0 Å². The van der Waals surface area contributed by atoms with Gasteiger partial charge in [0, 0.05) is 0 Å². The van der Waals surface area contributed by atoms with Gasteiger partial charge in [0.25, 0.3) is 10.1 Å². The highest BCUT2D eigenvalue weighted by Gasteiger charge is 2.57. The molecule has 0 saturated heterocycles. The van der Waals surface area contributed by atoms with Crippen LogP contribution in [0.2, 0.25) is 0 Å². The van der Waals surface area contributed by atoms with Crippen LogP contribution in [0.25, 0.3) is 0 Å². The second kappa shape index (κ2) is 8.96. The summed E-state index contributed by atoms with van der Waals surface area (Å²) in [5, 5.41) is 18.1. The van der Waals surface area contributed by atoms with Crippen LogP contribution >= 0.6 is 0 Å². The van der Waals surface area contributed by atoms with Crippen molar-refractivity contribution in [2.24, 2.45) is 5.92 Å². The van der Waals surface area contributed by atoms with Crippen LogP contribution in [-0.2, 0) is 19.7 Å². The van der Waals surface area contributed by atoms with Gasteiger partial charge in [0.15, 0.2) is 0 Å². The summed E-state index contributed by atoms with van der Waals surface area (Å²) >= 11 is 0. The fraction of sp³-hybridized carbons (Fsp3) is 0.833. The molecule has 126 valence electrons. The van der Waals surface area contributed by atoms with Crippen molar-refractivity contribution in [2.45, 2.75) is 57.1 Å². The van der Waals surface area contributed by atoms with Gasteiger partial charge in [-0.05, 0) is 12.3 Å². The van der Waals surface area contributed by atoms with E-state index < -0.39 is 39.1 Å². The van der Waals surface area contributed by atoms with E-state index in [4.69, 9.17) is 5.11 Å². The van der Waals surface area contributed by atoms with E-state index in [-0.39, 0.29) is 19.0 Å². The lowest BCUT2D eigenvalue weighted by Crippen LogP contribution is -2.53. The fourth-order valence-electron chi connectivity index (χ4n) is 2.44. The van der Waals surface area contributed by atoms with E-state index in [0.29, 0.717) is 6.42 Å². The molecule has 6 N–H and O–H groups in total. The number of carbonyl (C=O) groups is 2. The van der Waals surface area contributed by atoms with E-state index in [0.717, 1.165) is 12.8 Å². The van der Waals surface area contributed by atoms with Gasteiger partial charge >= 0.3 is 11.9 Å². The number of hydrogen-bond acceptors (Lipinski definition) is 5. The van der Waals surface area contributed by atoms with Crippen molar-refractivity contribution in [3.8, 4) is 0 Å². The van der Waals surface area contributed by atoms with Crippen molar-refractivity contribution in [1.82, 2.24) is 6.15 Å². The van der Waals surface area contributed by atoms with Crippen LogP contribution in [0.1, 0.15) is 52.4 Å². The molecule has 0 fully saturated rings. The van der Waals surface area contributed by atoms with Crippen LogP contribution in [-0.4, -0.2) is 39.9 Å². The summed E-state index contributed by atoms with van der Waals surface area (Å²) in [5.41, 5.74) is 0. The average molecular weight is 327 g/mol. The van der Waals surface area contributed by atoms with Gasteiger partial charge < -0.3 is 16.4 Å². The second-order valence-corrected chi connectivity index (χ2v) is 6.52. The summed E-state index contributed by atoms with van der Waals surface area (Å²) in [4.78, 5) is 22.3. The highest BCUT2D eigenvalue weighted by atomic mass is 32.2. The molecule has 0 aliphatic carbocycles. The molecule has 0 amide bonds. The van der Waals surface area contributed by atoms with Crippen molar-refractivity contribution < 1.29 is 32.8 Å². The molecular formula is C12H25NO7S. The molecular weight excluding hydrogens is 302 g/mol. The smallest absolute Gasteiger partial charge is 0.328 e. The summed E-state index contributed by atoms with van der Waals surface area (Å²) in [6, 6.07) is 0. The molecule has 0 heterocycles. The molecule has 2 atom stereocenters. The molecule has 21 heavy (non-hydrogen) atoms. The van der Waals surface area contributed by atoms with Crippen LogP contribution < -0.4 is 6.15 Å². The van der Waals surface area contributed by atoms with Crippen LogP contribution in [0, 0.1) is 5.92 Å². The van der Waals surface area contributed by atoms with Crippen molar-refractivity contribution >= 4 is 22.1 Å². The first-order valence-corrected chi connectivity index (χ1v) is 7.99. The minimum absolute atomic E-state index is 0. The van der Waals surface area contributed by atoms with Crippen LogP contribution in [0.5, 0.6) is 0 Å². The molecule has 0 aromatic carbocycles. The van der Waals surface area contributed by atoms with Crippen LogP contribution in [0.3, 0.4) is 0 Å². The van der Waals surface area contributed by atoms with E-state index in [1.54, 1.807) is 6.92 Å². The third kappa shape index (κ3) is 5.25. The van der Waals surface area contributed by atoms with Crippen LogP contribution in [0.4, 0.5) is 0 Å². The van der Waals surface area contributed by atoms with Gasteiger partial charge in [0.2, 0.25) is 4.75 Å². The van der Waals surface area contributed by atoms with Crippen molar-refractivity contribution in [1.29, 1.82) is 0 Å². The van der Waals surface area contributed by atoms with Gasteiger partial charge in [-0.3, -0.25) is 14.1 Å². The minimum Gasteiger partial charge on any atom is -0.481 e. The van der Waals surface area contributed by atoms with E-state index >= 15 is 0 Å². The Balaban J connectivity index is 0. The van der Waals surface area contributed by atoms with Crippen molar-refractivity contribution in [3.05, 3.63) is 0 Å². The third-order valence-corrected chi connectivity index (χ3v) is 5.12. The Hall–Kier alpha value is -1.19. The number of aliphatic carboxylic acids is 2. The molecule has 0 bridgehead atoms. The largest absolute Gasteiger partial charge is 0.481 e. The summed E-state index contributed by atoms with van der Waals surface area (Å²) in [6.45, 7) is 3.52. The maximum Gasteiger partial charge on any atom is 0.328 e. The first-order valence-electron chi connectivity index (χ1n) is 6.55. The lowest BCUT2D eigenvalue weighted by molar-refractivity contribution is -0.148. The van der Waals surface area contributed by atoms with E-state index in [9.17, 15) is 27.7 Å². The van der Waals surface area contributed by atoms with Crippen LogP contribution in [0.15, 0.2) is 0 Å². The normalized spacial score (nSPS) is 15.6. The number of carboxylic acid groups (broad SMARTS) is 2. The Morgan fingerprint density at radius 1 is 1.14 bits per heavy atom. The van der Waals surface area contributed by atoms with Gasteiger partial charge in [0.05, 0.1) is 6.42 Å². The average Bonchev–Trinajstić information content (AvgIpc) is 2.30. The second-order valence-electron chi connectivity index (χ2n) is 4.84. The molecule has 0 spiro atoms. The van der Waals surface area contributed by atoms with Gasteiger partial charge in [-0.1, -0.05) is 39.5 Å². The predicted molar refractivity (Wildman–Crippen MR) is 77.1 cm³/mol. The predicted octanol–water partition coefficient (Wildman–Crippen LogP) is 1.94. The van der Waals surface area contributed by atoms with E-state index in [2.05, 4.69) is 0 Å². The maximum absolute atomic E-state index is 11.6. The zero-order valence-electron chi connectivity index (χ0n) is 12.4. The molecule has 0 rings (SSSR count). The number of rotatable bonds is 10. The quantitative estimate of drug-likeness (QED) is 0.349. The molecule has 0 aliphatic rings. The summed E-state index contributed by atoms with van der Waals surface area (Å²) < 4.78 is 29.8. The Bertz CT molecular complexity index is 449. The molecule has 0 radical (unpaired) electrons. The first-order chi connectivity index (χ1) is 9.13. The van der Waals surface area contributed by atoms with Crippen molar-refractivity contribution in [2.75, 3.05) is 0 Å². The Morgan fingerprint density at radius 2 is 1.67 bits per heavy atom. The number of hydrogen-bond donors (Lipinski definition) is 4. The lowest BCUT2D eigenvalue weighted by atomic mass is 9.82. The number of unbranched alkanes of at least 4 members (excludes halogenated alkanes) is 2. The minimum atomic E-state index is -5.05. The monoisotopic (exact) mass is 327 g/mol. The topological polar surface area (TPSA) is 164 Å². The van der Waals surface area contributed by atoms with Gasteiger partial charge in [-0.15, -0.1) is 0 Å². The zero-order valence-corrected chi connectivity index (χ0v) is 13.2. The lowest BCUT2D eigenvalue weighted by Gasteiger charge is -2.32. The SMILES string of the molecule is CCCCCC(CC)C(CC(=O)O)(C(=O)O)S(=O)(=O)O.N. The highest BCUT2D eigenvalue weighted by molar-refractivity contribution is 7.88. The molecule has 2 unspecified atom stereocenters. The fourth-order valence-corrected chi connectivity index (χ4v) is 3.67. The highest BCUT2D eigenvalue weighted by Crippen LogP contribution is 2.36. The standard InChI is InChI=1S/C12H22O7S.H3N/c1-3-5-6-7-9(4-2)12(11(15)16,8-10(13)14)20(17,18)19;/h9H,3-8H2,1-2H3,(H,13,14)(H,15,16)(H,17,18,19);1H3. The van der Waals surface area contributed by atoms with Gasteiger partial charge in [-0.2, -0.15) is 8.42 Å². The maximum atomic E-state index is 11.6. The molecule has 0 saturated carbocycles. The molecule has 0 aliphatic heterocycles. The number of carboxylic acids is 2. The molecule has 0 aromatic rings. The summed E-state index contributed by atoms with van der Waals surface area (Å²) in [7, 11) is -5.05. The van der Waals surface area contributed by atoms with E-state index in [1.807, 2.05) is 6.92 Å². The first kappa shape index (κ1) is 22.1. The van der Waals surface area contributed by atoms with E-state index in [1.165, 1.54) is 0 Å². The Morgan fingerprint density at radius 3 is 1.95 bits per heavy atom. The Kier molecular flexibility index (Phi) is 9.42. The molecule has 8 nitrogen and oxygen atoms in total. The zero-order chi connectivity index (χ0) is 16.0. The Labute approximate surface area is 124 Å². The molecule has 9 heteroatoms. The van der Waals surface area contributed by atoms with Crippen molar-refractivity contribution in [3.63, 3.8) is 0 Å².